The SMILES string of the molecule is C[C@@]1(OCc2ccccc2)[C@H](OCc2ccccc2)[C@@H](COCc2ccccc2)O[C@H]1c1cc(C(N)=NO)c2c(N)ncnn12. The van der Waals surface area contributed by atoms with Crippen LogP contribution in [-0.4, -0.2) is 50.1 Å². The molecule has 2 aromatic heterocycles. The molecule has 1 aliphatic rings. The Morgan fingerprint density at radius 1 is 0.933 bits per heavy atom. The molecule has 232 valence electrons. The molecule has 45 heavy (non-hydrogen) atoms. The van der Waals surface area contributed by atoms with Crippen LogP contribution < -0.4 is 11.5 Å². The summed E-state index contributed by atoms with van der Waals surface area (Å²) in [7, 11) is 0. The Labute approximate surface area is 261 Å². The van der Waals surface area contributed by atoms with Crippen LogP contribution in [0, 0.1) is 0 Å². The summed E-state index contributed by atoms with van der Waals surface area (Å²) < 4.78 is 28.1. The topological polar surface area (TPSA) is 152 Å². The first-order valence-electron chi connectivity index (χ1n) is 14.7. The van der Waals surface area contributed by atoms with Crippen LogP contribution in [0.4, 0.5) is 5.82 Å². The van der Waals surface area contributed by atoms with Gasteiger partial charge in [0.05, 0.1) is 37.7 Å². The highest BCUT2D eigenvalue weighted by molar-refractivity contribution is 6.05. The van der Waals surface area contributed by atoms with E-state index in [1.54, 1.807) is 10.6 Å². The van der Waals surface area contributed by atoms with Gasteiger partial charge in [0.1, 0.15) is 35.8 Å². The number of amidine groups is 1. The number of ether oxygens (including phenoxy) is 4. The molecule has 1 fully saturated rings. The first kappa shape index (κ1) is 30.2. The summed E-state index contributed by atoms with van der Waals surface area (Å²) in [6.07, 6.45) is -0.475. The molecule has 3 heterocycles. The Hall–Kier alpha value is -4.81. The summed E-state index contributed by atoms with van der Waals surface area (Å²) in [4.78, 5) is 4.14. The Bertz CT molecular complexity index is 1730. The van der Waals surface area contributed by atoms with Gasteiger partial charge in [-0.2, -0.15) is 5.10 Å². The fraction of sp³-hybridized carbons (Fsp3) is 0.265. The Kier molecular flexibility index (Phi) is 9.03. The number of oxime groups is 1. The van der Waals surface area contributed by atoms with Crippen LogP contribution in [0.1, 0.15) is 41.0 Å². The highest BCUT2D eigenvalue weighted by atomic mass is 16.6. The van der Waals surface area contributed by atoms with Crippen LogP contribution in [0.15, 0.2) is 109 Å². The molecule has 1 aliphatic heterocycles. The molecule has 0 radical (unpaired) electrons. The van der Waals surface area contributed by atoms with E-state index in [0.29, 0.717) is 36.6 Å². The van der Waals surface area contributed by atoms with Gasteiger partial charge in [-0.1, -0.05) is 96.2 Å². The summed E-state index contributed by atoms with van der Waals surface area (Å²) >= 11 is 0. The van der Waals surface area contributed by atoms with Gasteiger partial charge in [0, 0.05) is 0 Å². The standard InChI is InChI=1S/C34H36N6O5/c1-34(44-20-25-15-9-4-10-16-25)30(27-17-26(32(35)39-41)29-33(36)37-22-38-40(27)29)45-28(21-42-18-23-11-5-2-6-12-23)31(34)43-19-24-13-7-3-8-14-24/h2-17,22,28,30-31,41H,18-21H2,1H3,(H2,35,39)(H2,36,37,38)/t28-,30+,31-,34+/m1/s1. The first-order chi connectivity index (χ1) is 22.0. The number of hydrogen-bond donors (Lipinski definition) is 3. The first-order valence-corrected chi connectivity index (χ1v) is 14.7. The molecule has 11 heteroatoms. The lowest BCUT2D eigenvalue weighted by atomic mass is 9.90. The smallest absolute Gasteiger partial charge is 0.172 e. The molecule has 0 amide bonds. The molecule has 5 N–H and O–H groups in total. The second-order valence-corrected chi connectivity index (χ2v) is 11.1. The fourth-order valence-electron chi connectivity index (χ4n) is 5.79. The molecule has 3 aromatic carbocycles. The average Bonchev–Trinajstić information content (AvgIpc) is 3.59. The van der Waals surface area contributed by atoms with Crippen molar-refractivity contribution >= 4 is 17.2 Å². The summed E-state index contributed by atoms with van der Waals surface area (Å²) in [5.74, 6) is 0.0344. The maximum absolute atomic E-state index is 9.56. The third-order valence-corrected chi connectivity index (χ3v) is 8.06. The third kappa shape index (κ3) is 6.38. The van der Waals surface area contributed by atoms with Crippen LogP contribution >= 0.6 is 0 Å². The molecule has 0 bridgehead atoms. The van der Waals surface area contributed by atoms with E-state index in [2.05, 4.69) is 15.2 Å². The van der Waals surface area contributed by atoms with Crippen LogP contribution in [0.3, 0.4) is 0 Å². The highest BCUT2D eigenvalue weighted by Gasteiger charge is 2.57. The molecular weight excluding hydrogens is 572 g/mol. The van der Waals surface area contributed by atoms with Crippen molar-refractivity contribution < 1.29 is 24.2 Å². The normalized spacial score (nSPS) is 21.8. The number of rotatable bonds is 12. The summed E-state index contributed by atoms with van der Waals surface area (Å²) in [5, 5.41) is 17.3. The molecular formula is C34H36N6O5. The fourth-order valence-corrected chi connectivity index (χ4v) is 5.79. The molecule has 11 nitrogen and oxygen atoms in total. The van der Waals surface area contributed by atoms with Crippen molar-refractivity contribution in [3.05, 3.63) is 131 Å². The third-order valence-electron chi connectivity index (χ3n) is 8.06. The van der Waals surface area contributed by atoms with Crippen molar-refractivity contribution in [2.24, 2.45) is 10.9 Å². The van der Waals surface area contributed by atoms with Gasteiger partial charge in [0.25, 0.3) is 0 Å². The number of benzene rings is 3. The molecule has 0 unspecified atom stereocenters. The lowest BCUT2D eigenvalue weighted by molar-refractivity contribution is -0.148. The lowest BCUT2D eigenvalue weighted by Gasteiger charge is -2.35. The minimum atomic E-state index is -1.05. The van der Waals surface area contributed by atoms with E-state index >= 15 is 0 Å². The predicted molar refractivity (Wildman–Crippen MR) is 168 cm³/mol. The van der Waals surface area contributed by atoms with Crippen LogP contribution in [0.5, 0.6) is 0 Å². The van der Waals surface area contributed by atoms with E-state index in [-0.39, 0.29) is 18.3 Å². The second-order valence-electron chi connectivity index (χ2n) is 11.1. The number of nitrogens with two attached hydrogens (primary N) is 2. The number of hydrogen-bond acceptors (Lipinski definition) is 9. The van der Waals surface area contributed by atoms with E-state index in [0.717, 1.165) is 16.7 Å². The molecule has 0 aliphatic carbocycles. The van der Waals surface area contributed by atoms with E-state index in [1.165, 1.54) is 6.33 Å². The summed E-state index contributed by atoms with van der Waals surface area (Å²) in [5.41, 5.74) is 15.7. The van der Waals surface area contributed by atoms with Gasteiger partial charge in [-0.05, 0) is 29.7 Å². The number of aromatic nitrogens is 3. The van der Waals surface area contributed by atoms with Gasteiger partial charge in [-0.15, -0.1) is 0 Å². The second kappa shape index (κ2) is 13.4. The van der Waals surface area contributed by atoms with E-state index < -0.39 is 23.9 Å². The highest BCUT2D eigenvalue weighted by Crippen LogP contribution is 2.47. The van der Waals surface area contributed by atoms with Crippen LogP contribution in [0.2, 0.25) is 0 Å². The molecule has 1 saturated heterocycles. The van der Waals surface area contributed by atoms with Crippen LogP contribution in [-0.2, 0) is 38.8 Å². The summed E-state index contributed by atoms with van der Waals surface area (Å²) in [6, 6.07) is 31.6. The molecule has 5 aromatic rings. The lowest BCUT2D eigenvalue weighted by Crippen LogP contribution is -2.47. The average molecular weight is 609 g/mol. The van der Waals surface area contributed by atoms with Gasteiger partial charge in [0.2, 0.25) is 0 Å². The number of anilines is 1. The van der Waals surface area contributed by atoms with Crippen molar-refractivity contribution in [1.82, 2.24) is 14.6 Å². The van der Waals surface area contributed by atoms with E-state index in [1.807, 2.05) is 97.9 Å². The van der Waals surface area contributed by atoms with Crippen molar-refractivity contribution in [3.8, 4) is 0 Å². The van der Waals surface area contributed by atoms with Crippen molar-refractivity contribution in [2.75, 3.05) is 12.3 Å². The molecule has 6 rings (SSSR count). The molecule has 0 spiro atoms. The minimum Gasteiger partial charge on any atom is -0.409 e. The summed E-state index contributed by atoms with van der Waals surface area (Å²) in [6.45, 7) is 3.25. The number of fused-ring (bicyclic) bond motifs is 1. The zero-order chi connectivity index (χ0) is 31.2. The quantitative estimate of drug-likeness (QED) is 0.0797. The zero-order valence-electron chi connectivity index (χ0n) is 24.9. The maximum Gasteiger partial charge on any atom is 0.172 e. The van der Waals surface area contributed by atoms with Gasteiger partial charge >= 0.3 is 0 Å². The Morgan fingerprint density at radius 2 is 1.53 bits per heavy atom. The Morgan fingerprint density at radius 3 is 2.16 bits per heavy atom. The van der Waals surface area contributed by atoms with Gasteiger partial charge < -0.3 is 35.6 Å². The minimum absolute atomic E-state index is 0.134. The Balaban J connectivity index is 1.40. The number of nitrogens with zero attached hydrogens (tertiary/aromatic N) is 4. The van der Waals surface area contributed by atoms with Crippen molar-refractivity contribution in [1.29, 1.82) is 0 Å². The predicted octanol–water partition coefficient (Wildman–Crippen LogP) is 4.62. The number of nitrogen functional groups attached to an aromatic ring is 1. The van der Waals surface area contributed by atoms with E-state index in [9.17, 15) is 5.21 Å². The van der Waals surface area contributed by atoms with Gasteiger partial charge in [-0.3, -0.25) is 0 Å². The zero-order valence-corrected chi connectivity index (χ0v) is 24.9. The molecule has 0 saturated carbocycles. The van der Waals surface area contributed by atoms with E-state index in [4.69, 9.17) is 30.4 Å². The largest absolute Gasteiger partial charge is 0.409 e. The van der Waals surface area contributed by atoms with Gasteiger partial charge in [-0.25, -0.2) is 9.50 Å². The van der Waals surface area contributed by atoms with Gasteiger partial charge in [0.15, 0.2) is 11.7 Å². The monoisotopic (exact) mass is 608 g/mol. The van der Waals surface area contributed by atoms with Crippen LogP contribution in [0.25, 0.3) is 5.52 Å². The van der Waals surface area contributed by atoms with Crippen molar-refractivity contribution in [2.45, 2.75) is 50.7 Å². The maximum atomic E-state index is 9.56. The van der Waals surface area contributed by atoms with Crippen molar-refractivity contribution in [3.63, 3.8) is 0 Å². The molecule has 4 atom stereocenters.